The van der Waals surface area contributed by atoms with E-state index < -0.39 is 24.0 Å². The number of cyclic esters (lactones) is 1. The van der Waals surface area contributed by atoms with Gasteiger partial charge in [0.15, 0.2) is 0 Å². The maximum absolute atomic E-state index is 13.4. The van der Waals surface area contributed by atoms with Crippen LogP contribution in [0, 0.1) is 0 Å². The first-order valence-electron chi connectivity index (χ1n) is 15.5. The van der Waals surface area contributed by atoms with Crippen molar-refractivity contribution in [3.8, 4) is 17.2 Å². The minimum Gasteiger partial charge on any atom is -0.507 e. The predicted molar refractivity (Wildman–Crippen MR) is 168 cm³/mol. The zero-order valence-electron chi connectivity index (χ0n) is 25.6. The predicted octanol–water partition coefficient (Wildman–Crippen LogP) is 8.02. The van der Waals surface area contributed by atoms with Crippen molar-refractivity contribution in [2.75, 3.05) is 0 Å². The van der Waals surface area contributed by atoms with Crippen molar-refractivity contribution >= 4 is 23.8 Å². The summed E-state index contributed by atoms with van der Waals surface area (Å²) >= 11 is 0. The highest BCUT2D eigenvalue weighted by molar-refractivity contribution is 5.98. The first kappa shape index (κ1) is 31.0. The minimum atomic E-state index is -0.651. The molecule has 3 aromatic carbocycles. The lowest BCUT2D eigenvalue weighted by atomic mass is 9.83. The molecule has 0 bridgehead atoms. The van der Waals surface area contributed by atoms with Crippen molar-refractivity contribution in [3.05, 3.63) is 94.1 Å². The Kier molecular flexibility index (Phi) is 9.83. The SMILES string of the molecule is CC(C)c1ccc(COc2ccc(C3CC(=O)Oc4cc5c(c(O)c43)C(=O)O[C@@H](C)CCCC(=O)CCC/C=C/5)cc2)cc1. The van der Waals surface area contributed by atoms with E-state index in [2.05, 4.69) is 38.1 Å². The van der Waals surface area contributed by atoms with Gasteiger partial charge in [0.05, 0.1) is 12.5 Å². The summed E-state index contributed by atoms with van der Waals surface area (Å²) in [5.74, 6) is -0.280. The number of hydrogen-bond donors (Lipinski definition) is 1. The molecule has 0 amide bonds. The first-order chi connectivity index (χ1) is 21.2. The Morgan fingerprint density at radius 2 is 1.70 bits per heavy atom. The normalized spacial score (nSPS) is 20.1. The zero-order valence-corrected chi connectivity index (χ0v) is 25.6. The monoisotopic (exact) mass is 596 g/mol. The van der Waals surface area contributed by atoms with E-state index in [-0.39, 0.29) is 29.3 Å². The molecule has 2 aliphatic rings. The summed E-state index contributed by atoms with van der Waals surface area (Å²) in [5, 5.41) is 11.6. The largest absolute Gasteiger partial charge is 0.507 e. The van der Waals surface area contributed by atoms with Crippen molar-refractivity contribution in [2.45, 2.75) is 90.3 Å². The van der Waals surface area contributed by atoms with Crippen LogP contribution in [0.25, 0.3) is 6.08 Å². The van der Waals surface area contributed by atoms with Gasteiger partial charge >= 0.3 is 11.9 Å². The molecule has 2 aliphatic heterocycles. The van der Waals surface area contributed by atoms with Gasteiger partial charge in [-0.15, -0.1) is 0 Å². The fourth-order valence-corrected chi connectivity index (χ4v) is 5.77. The molecule has 2 atom stereocenters. The van der Waals surface area contributed by atoms with Crippen molar-refractivity contribution in [1.29, 1.82) is 0 Å². The topological polar surface area (TPSA) is 99.1 Å². The van der Waals surface area contributed by atoms with Gasteiger partial charge in [0, 0.05) is 24.3 Å². The Morgan fingerprint density at radius 1 is 0.977 bits per heavy atom. The summed E-state index contributed by atoms with van der Waals surface area (Å²) in [6.07, 6.45) is 6.63. The van der Waals surface area contributed by atoms with E-state index in [1.165, 1.54) is 5.56 Å². The number of fused-ring (bicyclic) bond motifs is 2. The number of ether oxygens (including phenoxy) is 3. The maximum Gasteiger partial charge on any atom is 0.342 e. The third-order valence-electron chi connectivity index (χ3n) is 8.31. The Labute approximate surface area is 258 Å². The molecule has 1 N–H and O–H groups in total. The number of benzene rings is 3. The van der Waals surface area contributed by atoms with Crippen LogP contribution in [0.2, 0.25) is 0 Å². The summed E-state index contributed by atoms with van der Waals surface area (Å²) in [4.78, 5) is 38.3. The molecule has 0 radical (unpaired) electrons. The van der Waals surface area contributed by atoms with Gasteiger partial charge in [-0.25, -0.2) is 4.79 Å². The molecule has 2 heterocycles. The van der Waals surface area contributed by atoms with Gasteiger partial charge in [-0.3, -0.25) is 9.59 Å². The Balaban J connectivity index is 1.42. The van der Waals surface area contributed by atoms with Crippen molar-refractivity contribution in [3.63, 3.8) is 0 Å². The molecule has 7 heteroatoms. The van der Waals surface area contributed by atoms with Gasteiger partial charge in [-0.2, -0.15) is 0 Å². The number of hydrogen-bond acceptors (Lipinski definition) is 7. The number of phenols is 1. The highest BCUT2D eigenvalue weighted by atomic mass is 16.5. The van der Waals surface area contributed by atoms with Gasteiger partial charge in [-0.1, -0.05) is 62.4 Å². The lowest BCUT2D eigenvalue weighted by Gasteiger charge is -2.28. The van der Waals surface area contributed by atoms with Crippen LogP contribution in [0.5, 0.6) is 17.2 Å². The van der Waals surface area contributed by atoms with Gasteiger partial charge < -0.3 is 19.3 Å². The highest BCUT2D eigenvalue weighted by Crippen LogP contribution is 2.47. The van der Waals surface area contributed by atoms with E-state index in [4.69, 9.17) is 14.2 Å². The number of ketones is 1. The molecule has 7 nitrogen and oxygen atoms in total. The molecular formula is C37H40O7. The van der Waals surface area contributed by atoms with E-state index >= 15 is 0 Å². The first-order valence-corrected chi connectivity index (χ1v) is 15.5. The quantitative estimate of drug-likeness (QED) is 0.235. The minimum absolute atomic E-state index is 0.0110. The zero-order chi connectivity index (χ0) is 31.2. The Morgan fingerprint density at radius 3 is 2.43 bits per heavy atom. The van der Waals surface area contributed by atoms with E-state index in [1.54, 1.807) is 19.1 Å². The second-order valence-electron chi connectivity index (χ2n) is 12.0. The average Bonchev–Trinajstić information content (AvgIpc) is 2.99. The summed E-state index contributed by atoms with van der Waals surface area (Å²) in [5.41, 5.74) is 3.96. The number of carbonyl (C=O) groups excluding carboxylic acids is 3. The Hall–Kier alpha value is -4.39. The van der Waals surface area contributed by atoms with Crippen LogP contribution in [0.3, 0.4) is 0 Å². The summed E-state index contributed by atoms with van der Waals surface area (Å²) in [6.45, 7) is 6.53. The van der Waals surface area contributed by atoms with E-state index in [0.29, 0.717) is 67.9 Å². The molecule has 44 heavy (non-hydrogen) atoms. The summed E-state index contributed by atoms with van der Waals surface area (Å²) in [7, 11) is 0. The number of carbonyl (C=O) groups is 3. The van der Waals surface area contributed by atoms with Crippen LogP contribution in [0.1, 0.15) is 116 Å². The number of esters is 2. The lowest BCUT2D eigenvalue weighted by Crippen LogP contribution is -2.23. The molecule has 0 saturated heterocycles. The number of Topliss-reactive ketones (excluding diaryl/α,β-unsaturated/α-hetero) is 1. The number of rotatable bonds is 5. The van der Waals surface area contributed by atoms with E-state index in [0.717, 1.165) is 11.1 Å². The van der Waals surface area contributed by atoms with Crippen LogP contribution >= 0.6 is 0 Å². The van der Waals surface area contributed by atoms with Crippen molar-refractivity contribution in [2.24, 2.45) is 0 Å². The maximum atomic E-state index is 13.4. The van der Waals surface area contributed by atoms with Gasteiger partial charge in [0.1, 0.15) is 35.2 Å². The number of allylic oxidation sites excluding steroid dienone is 1. The lowest BCUT2D eigenvalue weighted by molar-refractivity contribution is -0.135. The third-order valence-corrected chi connectivity index (χ3v) is 8.31. The molecule has 0 aliphatic carbocycles. The number of phenolic OH excluding ortho intramolecular Hbond substituents is 1. The third kappa shape index (κ3) is 7.39. The second kappa shape index (κ2) is 13.9. The van der Waals surface area contributed by atoms with Gasteiger partial charge in [0.2, 0.25) is 0 Å². The molecule has 0 fully saturated rings. The van der Waals surface area contributed by atoms with E-state index in [9.17, 15) is 19.5 Å². The van der Waals surface area contributed by atoms with Crippen LogP contribution < -0.4 is 9.47 Å². The van der Waals surface area contributed by atoms with Crippen molar-refractivity contribution in [1.82, 2.24) is 0 Å². The Bertz CT molecular complexity index is 1530. The van der Waals surface area contributed by atoms with Gasteiger partial charge in [0.25, 0.3) is 0 Å². The fourth-order valence-electron chi connectivity index (χ4n) is 5.77. The molecular weight excluding hydrogens is 556 g/mol. The molecule has 0 aromatic heterocycles. The van der Waals surface area contributed by atoms with Crippen LogP contribution in [-0.4, -0.2) is 28.9 Å². The summed E-state index contributed by atoms with van der Waals surface area (Å²) in [6, 6.07) is 17.4. The standard InChI is InChI=1S/C37H40O7/c1-23(2)26-14-12-25(13-15-26)22-42-30-18-16-27(17-19-30)31-21-33(39)44-32-20-28-9-5-4-6-10-29(38)11-7-8-24(3)43-37(41)34(28)36(40)35(31)32/h5,9,12-20,23-24,31,40H,4,6-8,10-11,21-22H2,1-3H3/b9-5+/t24-,31?/m0/s1. The number of aromatic hydroxyl groups is 1. The van der Waals surface area contributed by atoms with Crippen LogP contribution in [-0.2, 0) is 20.9 Å². The average molecular weight is 597 g/mol. The molecule has 5 rings (SSSR count). The van der Waals surface area contributed by atoms with E-state index in [1.807, 2.05) is 30.3 Å². The molecule has 0 saturated carbocycles. The highest BCUT2D eigenvalue weighted by Gasteiger charge is 2.35. The smallest absolute Gasteiger partial charge is 0.342 e. The van der Waals surface area contributed by atoms with Crippen LogP contribution in [0.15, 0.2) is 60.7 Å². The summed E-state index contributed by atoms with van der Waals surface area (Å²) < 4.78 is 17.3. The molecule has 3 aromatic rings. The van der Waals surface area contributed by atoms with Crippen LogP contribution in [0.4, 0.5) is 0 Å². The second-order valence-corrected chi connectivity index (χ2v) is 12.0. The fraction of sp³-hybridized carbons (Fsp3) is 0.378. The molecule has 0 spiro atoms. The molecule has 1 unspecified atom stereocenters. The van der Waals surface area contributed by atoms with Gasteiger partial charge in [-0.05, 0) is 79.0 Å². The molecule has 230 valence electrons. The van der Waals surface area contributed by atoms with Crippen molar-refractivity contribution < 1.29 is 33.7 Å².